The normalized spacial score (nSPS) is 13.3. The third-order valence-corrected chi connectivity index (χ3v) is 11.6. The quantitative estimate of drug-likeness (QED) is 0.148. The van der Waals surface area contributed by atoms with Gasteiger partial charge in [-0.3, -0.25) is 0 Å². The van der Waals surface area contributed by atoms with Gasteiger partial charge in [-0.1, -0.05) is 186 Å². The van der Waals surface area contributed by atoms with Gasteiger partial charge < -0.3 is 9.47 Å². The van der Waals surface area contributed by atoms with Gasteiger partial charge in [-0.2, -0.15) is 0 Å². The average molecular weight is 723 g/mol. The topological polar surface area (TPSA) is 18.5 Å². The second-order valence-electron chi connectivity index (χ2n) is 19.6. The molecule has 5 rings (SSSR count). The summed E-state index contributed by atoms with van der Waals surface area (Å²) in [6.45, 7) is 31.6. The average Bonchev–Trinajstić information content (AvgIpc) is 3.10. The van der Waals surface area contributed by atoms with E-state index in [4.69, 9.17) is 9.47 Å². The number of rotatable bonds is 8. The van der Waals surface area contributed by atoms with Crippen LogP contribution in [-0.4, -0.2) is 14.2 Å². The van der Waals surface area contributed by atoms with E-state index in [0.29, 0.717) is 0 Å². The van der Waals surface area contributed by atoms with E-state index in [1.807, 2.05) is 14.2 Å². The van der Waals surface area contributed by atoms with Gasteiger partial charge in [0.05, 0.1) is 0 Å². The van der Waals surface area contributed by atoms with Crippen molar-refractivity contribution in [1.29, 1.82) is 0 Å². The van der Waals surface area contributed by atoms with Crippen LogP contribution in [0, 0.1) is 13.8 Å². The lowest BCUT2D eigenvalue weighted by Crippen LogP contribution is -2.36. The Kier molecular flexibility index (Phi) is 11.1. The molecule has 0 aromatic heterocycles. The summed E-state index contributed by atoms with van der Waals surface area (Å²) < 4.78 is 13.9. The lowest BCUT2D eigenvalue weighted by atomic mass is 9.71. The highest BCUT2D eigenvalue weighted by Gasteiger charge is 2.43. The molecule has 2 heteroatoms. The fourth-order valence-corrected chi connectivity index (χ4v) is 8.08. The molecule has 0 aliphatic carbocycles. The van der Waals surface area contributed by atoms with Crippen molar-refractivity contribution < 1.29 is 9.47 Å². The van der Waals surface area contributed by atoms with Gasteiger partial charge in [0, 0.05) is 14.2 Å². The Morgan fingerprint density at radius 2 is 0.481 bits per heavy atom. The van der Waals surface area contributed by atoms with Gasteiger partial charge in [-0.05, 0) is 108 Å². The largest absolute Gasteiger partial charge is 0.364 e. The summed E-state index contributed by atoms with van der Waals surface area (Å²) in [7, 11) is 3.71. The van der Waals surface area contributed by atoms with Crippen molar-refractivity contribution in [2.24, 2.45) is 0 Å². The molecule has 5 aromatic carbocycles. The van der Waals surface area contributed by atoms with Crippen LogP contribution < -0.4 is 0 Å². The lowest BCUT2D eigenvalue weighted by Gasteiger charge is -2.40. The molecule has 0 unspecified atom stereocenters. The molecule has 0 atom stereocenters. The Bertz CT molecular complexity index is 1770. The van der Waals surface area contributed by atoms with E-state index in [0.717, 1.165) is 44.5 Å². The van der Waals surface area contributed by atoms with Crippen molar-refractivity contribution in [1.82, 2.24) is 0 Å². The van der Waals surface area contributed by atoms with Crippen LogP contribution in [0.2, 0.25) is 0 Å². The fraction of sp³-hybridized carbons (Fsp3) is 0.423. The van der Waals surface area contributed by atoms with E-state index in [1.54, 1.807) is 0 Å². The summed E-state index contributed by atoms with van der Waals surface area (Å²) >= 11 is 0. The maximum atomic E-state index is 6.95. The molecule has 0 aliphatic rings. The van der Waals surface area contributed by atoms with E-state index in [1.165, 1.54) is 22.3 Å². The van der Waals surface area contributed by atoms with Crippen LogP contribution in [0.25, 0.3) is 0 Å². The number of ether oxygens (including phenoxy) is 2. The first-order valence-corrected chi connectivity index (χ1v) is 19.7. The van der Waals surface area contributed by atoms with Gasteiger partial charge in [-0.15, -0.1) is 0 Å². The molecule has 5 aromatic rings. The molecular weight excluding hydrogens is 657 g/mol. The molecular formula is C52H66O2. The van der Waals surface area contributed by atoms with Crippen molar-refractivity contribution in [3.05, 3.63) is 176 Å². The zero-order chi connectivity index (χ0) is 40.1. The van der Waals surface area contributed by atoms with Crippen LogP contribution in [0.3, 0.4) is 0 Å². The van der Waals surface area contributed by atoms with Crippen molar-refractivity contribution in [3.63, 3.8) is 0 Å². The summed E-state index contributed by atoms with van der Waals surface area (Å²) in [4.78, 5) is 0. The standard InChI is InChI=1S/C52H66O2/c1-35-33-36(2)46(52(54-16,43-29-21-39(22-30-43)49(9,10)11)44-31-23-40(24-32-44)50(12,13)14)34-45(35)51(53-15,41-25-17-37(18-26-41)47(3,4)5)42-27-19-38(20-28-42)48(6,7)8/h17-34H,1-16H3. The smallest absolute Gasteiger partial charge is 0.143 e. The Hall–Kier alpha value is -3.98. The molecule has 0 saturated heterocycles. The minimum Gasteiger partial charge on any atom is -0.364 e. The second-order valence-corrected chi connectivity index (χ2v) is 19.6. The number of aryl methyl sites for hydroxylation is 2. The number of methoxy groups -OCH3 is 2. The minimum atomic E-state index is -0.898. The molecule has 0 heterocycles. The lowest BCUT2D eigenvalue weighted by molar-refractivity contribution is 0.0520. The molecule has 0 fully saturated rings. The molecule has 0 bridgehead atoms. The summed E-state index contributed by atoms with van der Waals surface area (Å²) in [6, 6.07) is 41.0. The van der Waals surface area contributed by atoms with Crippen LogP contribution >= 0.6 is 0 Å². The first kappa shape index (κ1) is 41.2. The van der Waals surface area contributed by atoms with Crippen LogP contribution in [0.1, 0.15) is 150 Å². The number of hydrogen-bond acceptors (Lipinski definition) is 2. The minimum absolute atomic E-state index is 0.0265. The van der Waals surface area contributed by atoms with E-state index >= 15 is 0 Å². The third kappa shape index (κ3) is 7.62. The van der Waals surface area contributed by atoms with Gasteiger partial charge >= 0.3 is 0 Å². The van der Waals surface area contributed by atoms with Crippen LogP contribution in [0.15, 0.2) is 109 Å². The Morgan fingerprint density at radius 1 is 0.296 bits per heavy atom. The van der Waals surface area contributed by atoms with Crippen LogP contribution in [0.5, 0.6) is 0 Å². The zero-order valence-electron chi connectivity index (χ0n) is 36.2. The highest BCUT2D eigenvalue weighted by atomic mass is 16.5. The molecule has 0 aliphatic heterocycles. The van der Waals surface area contributed by atoms with Gasteiger partial charge in [-0.25, -0.2) is 0 Å². The molecule has 2 nitrogen and oxygen atoms in total. The van der Waals surface area contributed by atoms with Crippen LogP contribution in [-0.2, 0) is 42.3 Å². The van der Waals surface area contributed by atoms with E-state index in [2.05, 4.69) is 206 Å². The van der Waals surface area contributed by atoms with Gasteiger partial charge in [0.1, 0.15) is 11.2 Å². The third-order valence-electron chi connectivity index (χ3n) is 11.6. The van der Waals surface area contributed by atoms with Crippen molar-refractivity contribution in [2.75, 3.05) is 14.2 Å². The summed E-state index contributed by atoms with van der Waals surface area (Å²) in [5, 5.41) is 0. The van der Waals surface area contributed by atoms with E-state index < -0.39 is 11.2 Å². The number of benzene rings is 5. The van der Waals surface area contributed by atoms with Crippen molar-refractivity contribution in [3.8, 4) is 0 Å². The van der Waals surface area contributed by atoms with Crippen molar-refractivity contribution >= 4 is 0 Å². The molecule has 0 saturated carbocycles. The first-order chi connectivity index (χ1) is 25.0. The van der Waals surface area contributed by atoms with Crippen molar-refractivity contribution in [2.45, 2.75) is 130 Å². The van der Waals surface area contributed by atoms with Gasteiger partial charge in [0.2, 0.25) is 0 Å². The fourth-order valence-electron chi connectivity index (χ4n) is 8.08. The molecule has 286 valence electrons. The molecule has 0 spiro atoms. The Labute approximate surface area is 328 Å². The van der Waals surface area contributed by atoms with Gasteiger partial charge in [0.25, 0.3) is 0 Å². The van der Waals surface area contributed by atoms with E-state index in [-0.39, 0.29) is 21.7 Å². The zero-order valence-corrected chi connectivity index (χ0v) is 36.2. The summed E-state index contributed by atoms with van der Waals surface area (Å²) in [6.07, 6.45) is 0. The first-order valence-electron chi connectivity index (χ1n) is 19.7. The summed E-state index contributed by atoms with van der Waals surface area (Å²) in [5.74, 6) is 0. The molecule has 0 amide bonds. The molecule has 54 heavy (non-hydrogen) atoms. The highest BCUT2D eigenvalue weighted by Crippen LogP contribution is 2.48. The maximum absolute atomic E-state index is 6.95. The number of hydrogen-bond donors (Lipinski definition) is 0. The Balaban J connectivity index is 1.88. The second kappa shape index (κ2) is 14.6. The SMILES string of the molecule is COC(c1ccc(C(C)(C)C)cc1)(c1ccc(C(C)(C)C)cc1)c1cc(C(OC)(c2ccc(C(C)(C)C)cc2)c2ccc(C(C)(C)C)cc2)c(C)cc1C. The maximum Gasteiger partial charge on any atom is 0.143 e. The van der Waals surface area contributed by atoms with Gasteiger partial charge in [0.15, 0.2) is 0 Å². The van der Waals surface area contributed by atoms with E-state index in [9.17, 15) is 0 Å². The molecule has 0 radical (unpaired) electrons. The van der Waals surface area contributed by atoms with Crippen LogP contribution in [0.4, 0.5) is 0 Å². The monoisotopic (exact) mass is 723 g/mol. The predicted molar refractivity (Wildman–Crippen MR) is 230 cm³/mol. The summed E-state index contributed by atoms with van der Waals surface area (Å²) in [5.41, 5.74) is 12.3. The highest BCUT2D eigenvalue weighted by molar-refractivity contribution is 5.59. The Morgan fingerprint density at radius 3 is 0.648 bits per heavy atom. The predicted octanol–water partition coefficient (Wildman–Crippen LogP) is 13.4. The molecule has 0 N–H and O–H groups in total.